The summed E-state index contributed by atoms with van der Waals surface area (Å²) in [5.41, 5.74) is 2.05. The molecule has 1 atom stereocenters. The molecule has 0 bridgehead atoms. The average molecular weight is 262 g/mol. The van der Waals surface area contributed by atoms with Crippen molar-refractivity contribution < 1.29 is 9.84 Å². The first-order valence-electron chi connectivity index (χ1n) is 6.08. The number of benzene rings is 1. The maximum atomic E-state index is 10.3. The molecule has 1 aromatic heterocycles. The zero-order valence-electron chi connectivity index (χ0n) is 10.5. The first kappa shape index (κ1) is 13.3. The number of thiophene rings is 1. The highest BCUT2D eigenvalue weighted by atomic mass is 32.1. The molecule has 2 aromatic rings. The van der Waals surface area contributed by atoms with Gasteiger partial charge >= 0.3 is 0 Å². The lowest BCUT2D eigenvalue weighted by atomic mass is 9.99. The minimum Gasteiger partial charge on any atom is -0.388 e. The largest absolute Gasteiger partial charge is 0.388 e. The smallest absolute Gasteiger partial charge is 0.0797 e. The number of rotatable bonds is 6. The van der Waals surface area contributed by atoms with Crippen LogP contribution >= 0.6 is 11.3 Å². The van der Waals surface area contributed by atoms with Crippen molar-refractivity contribution in [2.24, 2.45) is 0 Å². The molecule has 0 saturated heterocycles. The second-order valence-electron chi connectivity index (χ2n) is 4.27. The van der Waals surface area contributed by atoms with Gasteiger partial charge in [-0.1, -0.05) is 30.3 Å². The predicted octanol–water partition coefficient (Wildman–Crippen LogP) is 3.56. The molecule has 2 nitrogen and oxygen atoms in total. The summed E-state index contributed by atoms with van der Waals surface area (Å²) in [7, 11) is 1.68. The maximum absolute atomic E-state index is 10.3. The van der Waals surface area contributed by atoms with Crippen molar-refractivity contribution in [1.82, 2.24) is 0 Å². The number of aryl methyl sites for hydroxylation is 1. The van der Waals surface area contributed by atoms with Crippen LogP contribution in [0.3, 0.4) is 0 Å². The molecular weight excluding hydrogens is 244 g/mol. The second-order valence-corrected chi connectivity index (χ2v) is 5.30. The van der Waals surface area contributed by atoms with E-state index < -0.39 is 6.10 Å². The topological polar surface area (TPSA) is 29.5 Å². The predicted molar refractivity (Wildman–Crippen MR) is 74.8 cm³/mol. The summed E-state index contributed by atoms with van der Waals surface area (Å²) in [5.74, 6) is 0. The molecule has 0 spiro atoms. The first-order valence-corrected chi connectivity index (χ1v) is 6.96. The normalized spacial score (nSPS) is 12.6. The van der Waals surface area contributed by atoms with Crippen LogP contribution in [-0.2, 0) is 17.8 Å². The van der Waals surface area contributed by atoms with Crippen LogP contribution in [0.4, 0.5) is 0 Å². The lowest BCUT2D eigenvalue weighted by Gasteiger charge is -2.14. The Morgan fingerprint density at radius 1 is 1.22 bits per heavy atom. The van der Waals surface area contributed by atoms with Gasteiger partial charge in [0, 0.05) is 12.0 Å². The summed E-state index contributed by atoms with van der Waals surface area (Å²) in [6.07, 6.45) is 1.25. The third kappa shape index (κ3) is 3.42. The molecule has 1 N–H and O–H groups in total. The van der Waals surface area contributed by atoms with Gasteiger partial charge in [0.2, 0.25) is 0 Å². The lowest BCUT2D eigenvalue weighted by molar-refractivity contribution is 0.155. The Morgan fingerprint density at radius 3 is 2.78 bits per heavy atom. The Bertz CT molecular complexity index is 465. The number of hydrogen-bond donors (Lipinski definition) is 1. The van der Waals surface area contributed by atoms with Crippen molar-refractivity contribution >= 4 is 11.3 Å². The van der Waals surface area contributed by atoms with Crippen molar-refractivity contribution in [1.29, 1.82) is 0 Å². The molecule has 1 heterocycles. The van der Waals surface area contributed by atoms with E-state index in [1.807, 2.05) is 30.3 Å². The number of aliphatic hydroxyl groups excluding tert-OH is 1. The van der Waals surface area contributed by atoms with Gasteiger partial charge < -0.3 is 9.84 Å². The highest BCUT2D eigenvalue weighted by molar-refractivity contribution is 7.09. The Hall–Kier alpha value is -1.16. The summed E-state index contributed by atoms with van der Waals surface area (Å²) >= 11 is 1.74. The van der Waals surface area contributed by atoms with Gasteiger partial charge in [0.1, 0.15) is 0 Å². The van der Waals surface area contributed by atoms with Gasteiger partial charge in [-0.2, -0.15) is 0 Å². The van der Waals surface area contributed by atoms with Crippen molar-refractivity contribution in [3.8, 4) is 0 Å². The summed E-state index contributed by atoms with van der Waals surface area (Å²) < 4.78 is 5.16. The summed E-state index contributed by atoms with van der Waals surface area (Å²) in [6.45, 7) is 0.548. The molecule has 3 heteroatoms. The van der Waals surface area contributed by atoms with E-state index in [1.165, 1.54) is 4.88 Å². The molecule has 0 aliphatic rings. The van der Waals surface area contributed by atoms with E-state index in [-0.39, 0.29) is 0 Å². The van der Waals surface area contributed by atoms with E-state index in [2.05, 4.69) is 11.4 Å². The molecule has 96 valence electrons. The van der Waals surface area contributed by atoms with Gasteiger partial charge in [-0.05, 0) is 35.4 Å². The standard InChI is InChI=1S/C15H18O2S/c1-17-11-12-5-2-3-7-14(12)15(16)9-8-13-6-4-10-18-13/h2-7,10,15-16H,8-9,11H2,1H3. The summed E-state index contributed by atoms with van der Waals surface area (Å²) in [4.78, 5) is 1.32. The number of aliphatic hydroxyl groups is 1. The highest BCUT2D eigenvalue weighted by Crippen LogP contribution is 2.24. The van der Waals surface area contributed by atoms with Crippen molar-refractivity contribution in [3.63, 3.8) is 0 Å². The van der Waals surface area contributed by atoms with Crippen LogP contribution in [0.5, 0.6) is 0 Å². The Labute approximate surface area is 112 Å². The van der Waals surface area contributed by atoms with Crippen molar-refractivity contribution in [3.05, 3.63) is 57.8 Å². The van der Waals surface area contributed by atoms with E-state index in [1.54, 1.807) is 18.4 Å². The summed E-state index contributed by atoms with van der Waals surface area (Å²) in [5, 5.41) is 12.3. The monoisotopic (exact) mass is 262 g/mol. The zero-order valence-corrected chi connectivity index (χ0v) is 11.3. The maximum Gasteiger partial charge on any atom is 0.0797 e. The number of hydrogen-bond acceptors (Lipinski definition) is 3. The average Bonchev–Trinajstić information content (AvgIpc) is 2.90. The van der Waals surface area contributed by atoms with Crippen LogP contribution in [0.2, 0.25) is 0 Å². The fourth-order valence-electron chi connectivity index (χ4n) is 2.04. The number of ether oxygens (including phenoxy) is 1. The second kappa shape index (κ2) is 6.69. The Kier molecular flexibility index (Phi) is 4.93. The van der Waals surface area contributed by atoms with Crippen LogP contribution in [0.1, 0.15) is 28.5 Å². The van der Waals surface area contributed by atoms with E-state index in [4.69, 9.17) is 4.74 Å². The fraction of sp³-hybridized carbons (Fsp3) is 0.333. The zero-order chi connectivity index (χ0) is 12.8. The van der Waals surface area contributed by atoms with Gasteiger partial charge in [0.15, 0.2) is 0 Å². The molecule has 0 saturated carbocycles. The SMILES string of the molecule is COCc1ccccc1C(O)CCc1cccs1. The minimum atomic E-state index is -0.418. The van der Waals surface area contributed by atoms with Crippen LogP contribution < -0.4 is 0 Å². The summed E-state index contributed by atoms with van der Waals surface area (Å²) in [6, 6.07) is 12.1. The first-order chi connectivity index (χ1) is 8.81. The Morgan fingerprint density at radius 2 is 2.06 bits per heavy atom. The molecule has 1 unspecified atom stereocenters. The molecule has 1 aromatic carbocycles. The molecular formula is C15H18O2S. The minimum absolute atomic E-state index is 0.418. The quantitative estimate of drug-likeness (QED) is 0.862. The highest BCUT2D eigenvalue weighted by Gasteiger charge is 2.12. The molecule has 0 aliphatic carbocycles. The molecule has 0 fully saturated rings. The van der Waals surface area contributed by atoms with Gasteiger partial charge in [-0.3, -0.25) is 0 Å². The number of methoxy groups -OCH3 is 1. The van der Waals surface area contributed by atoms with Gasteiger partial charge in [0.05, 0.1) is 12.7 Å². The lowest BCUT2D eigenvalue weighted by Crippen LogP contribution is -2.04. The van der Waals surface area contributed by atoms with E-state index in [0.717, 1.165) is 24.0 Å². The van der Waals surface area contributed by atoms with Gasteiger partial charge in [-0.15, -0.1) is 11.3 Å². The van der Waals surface area contributed by atoms with Crippen molar-refractivity contribution in [2.45, 2.75) is 25.6 Å². The molecule has 18 heavy (non-hydrogen) atoms. The van der Waals surface area contributed by atoms with Crippen LogP contribution in [-0.4, -0.2) is 12.2 Å². The van der Waals surface area contributed by atoms with Crippen LogP contribution in [0.25, 0.3) is 0 Å². The van der Waals surface area contributed by atoms with E-state index in [9.17, 15) is 5.11 Å². The third-order valence-corrected chi connectivity index (χ3v) is 3.89. The molecule has 0 amide bonds. The molecule has 0 aliphatic heterocycles. The molecule has 2 rings (SSSR count). The van der Waals surface area contributed by atoms with E-state index >= 15 is 0 Å². The molecule has 0 radical (unpaired) electrons. The van der Waals surface area contributed by atoms with Gasteiger partial charge in [0.25, 0.3) is 0 Å². The van der Waals surface area contributed by atoms with Crippen molar-refractivity contribution in [2.75, 3.05) is 7.11 Å². The Balaban J connectivity index is 2.01. The van der Waals surface area contributed by atoms with E-state index in [0.29, 0.717) is 6.61 Å². The van der Waals surface area contributed by atoms with Crippen LogP contribution in [0, 0.1) is 0 Å². The third-order valence-electron chi connectivity index (χ3n) is 2.96. The van der Waals surface area contributed by atoms with Crippen LogP contribution in [0.15, 0.2) is 41.8 Å². The van der Waals surface area contributed by atoms with Gasteiger partial charge in [-0.25, -0.2) is 0 Å². The fourth-order valence-corrected chi connectivity index (χ4v) is 2.76.